The smallest absolute Gasteiger partial charge is 0.244 e. The van der Waals surface area contributed by atoms with Crippen molar-refractivity contribution in [1.82, 2.24) is 0 Å². The monoisotopic (exact) mass is 404 g/mol. The number of anilines is 1. The zero-order valence-electron chi connectivity index (χ0n) is 13.9. The Hall–Kier alpha value is -1.45. The van der Waals surface area contributed by atoms with Gasteiger partial charge in [0.15, 0.2) is 15.0 Å². The van der Waals surface area contributed by atoms with Crippen LogP contribution in [-0.2, 0) is 14.6 Å². The van der Waals surface area contributed by atoms with Gasteiger partial charge in [-0.2, -0.15) is 4.99 Å². The molecule has 1 amide bonds. The van der Waals surface area contributed by atoms with Crippen LogP contribution in [-0.4, -0.2) is 56.5 Å². The molecule has 136 valence electrons. The van der Waals surface area contributed by atoms with E-state index in [0.717, 1.165) is 0 Å². The molecule has 0 aromatic heterocycles. The van der Waals surface area contributed by atoms with Crippen LogP contribution in [0.5, 0.6) is 11.5 Å². The van der Waals surface area contributed by atoms with Crippen LogP contribution in [0.4, 0.5) is 5.69 Å². The van der Waals surface area contributed by atoms with Crippen molar-refractivity contribution in [1.29, 1.82) is 0 Å². The topological polar surface area (TPSA) is 85.3 Å². The number of methoxy groups -OCH3 is 2. The predicted molar refractivity (Wildman–Crippen MR) is 99.0 cm³/mol. The van der Waals surface area contributed by atoms with E-state index in [4.69, 9.17) is 21.1 Å². The number of ether oxygens (including phenoxy) is 2. The third-order valence-electron chi connectivity index (χ3n) is 4.03. The van der Waals surface area contributed by atoms with E-state index in [1.165, 1.54) is 32.9 Å². The van der Waals surface area contributed by atoms with Crippen LogP contribution in [0.1, 0.15) is 6.92 Å². The van der Waals surface area contributed by atoms with Crippen molar-refractivity contribution in [2.45, 2.75) is 18.2 Å². The molecule has 2 saturated heterocycles. The summed E-state index contributed by atoms with van der Waals surface area (Å²) in [6.07, 6.45) is 0. The van der Waals surface area contributed by atoms with Crippen molar-refractivity contribution < 1.29 is 22.7 Å². The Morgan fingerprint density at radius 1 is 1.28 bits per heavy atom. The molecule has 0 bridgehead atoms. The fourth-order valence-electron chi connectivity index (χ4n) is 3.01. The van der Waals surface area contributed by atoms with Crippen LogP contribution in [0.2, 0.25) is 5.02 Å². The van der Waals surface area contributed by atoms with Gasteiger partial charge in [0.1, 0.15) is 11.5 Å². The molecule has 3 rings (SSSR count). The van der Waals surface area contributed by atoms with Gasteiger partial charge in [0.25, 0.3) is 0 Å². The van der Waals surface area contributed by atoms with Gasteiger partial charge in [-0.3, -0.25) is 4.79 Å². The second kappa shape index (κ2) is 6.69. The van der Waals surface area contributed by atoms with Crippen molar-refractivity contribution in [2.24, 2.45) is 4.99 Å². The summed E-state index contributed by atoms with van der Waals surface area (Å²) in [4.78, 5) is 17.3. The SMILES string of the molecule is COc1cc(OC)c(N2C(=NC(C)=O)S[C@H]3CS(=O)(=O)C[C@@H]32)cc1Cl. The maximum absolute atomic E-state index is 12.0. The lowest BCUT2D eigenvalue weighted by Gasteiger charge is -2.26. The molecule has 0 unspecified atom stereocenters. The number of hydrogen-bond acceptors (Lipinski definition) is 6. The van der Waals surface area contributed by atoms with E-state index in [9.17, 15) is 13.2 Å². The van der Waals surface area contributed by atoms with Crippen molar-refractivity contribution in [3.8, 4) is 11.5 Å². The van der Waals surface area contributed by atoms with Crippen LogP contribution in [0, 0.1) is 0 Å². The number of halogens is 1. The minimum absolute atomic E-state index is 0.00556. The number of fused-ring (bicyclic) bond motifs is 1. The Morgan fingerprint density at radius 3 is 2.56 bits per heavy atom. The average molecular weight is 405 g/mol. The second-order valence-corrected chi connectivity index (χ2v) is 9.51. The van der Waals surface area contributed by atoms with Gasteiger partial charge in [-0.1, -0.05) is 23.4 Å². The Labute approximate surface area is 155 Å². The summed E-state index contributed by atoms with van der Waals surface area (Å²) in [6.45, 7) is 1.36. The van der Waals surface area contributed by atoms with E-state index in [0.29, 0.717) is 27.4 Å². The molecule has 2 fully saturated rings. The first-order chi connectivity index (χ1) is 11.8. The maximum atomic E-state index is 12.0. The van der Waals surface area contributed by atoms with Gasteiger partial charge < -0.3 is 14.4 Å². The molecule has 0 aliphatic carbocycles. The zero-order valence-corrected chi connectivity index (χ0v) is 16.2. The van der Waals surface area contributed by atoms with Gasteiger partial charge in [0, 0.05) is 18.2 Å². The summed E-state index contributed by atoms with van der Waals surface area (Å²) in [5.41, 5.74) is 0.561. The molecule has 0 radical (unpaired) electrons. The summed E-state index contributed by atoms with van der Waals surface area (Å²) < 4.78 is 34.7. The summed E-state index contributed by atoms with van der Waals surface area (Å²) in [5.74, 6) is 0.600. The van der Waals surface area contributed by atoms with Gasteiger partial charge >= 0.3 is 0 Å². The molecule has 0 spiro atoms. The van der Waals surface area contributed by atoms with Gasteiger partial charge in [-0.05, 0) is 6.07 Å². The van der Waals surface area contributed by atoms with E-state index in [1.54, 1.807) is 17.0 Å². The minimum Gasteiger partial charge on any atom is -0.495 e. The Kier molecular flexibility index (Phi) is 4.91. The van der Waals surface area contributed by atoms with E-state index >= 15 is 0 Å². The quantitative estimate of drug-likeness (QED) is 0.761. The molecule has 1 aromatic rings. The number of carbonyl (C=O) groups excluding carboxylic acids is 1. The van der Waals surface area contributed by atoms with Gasteiger partial charge in [-0.15, -0.1) is 0 Å². The number of carbonyl (C=O) groups is 1. The van der Waals surface area contributed by atoms with E-state index in [-0.39, 0.29) is 28.7 Å². The molecule has 2 aliphatic heterocycles. The molecule has 10 heteroatoms. The van der Waals surface area contributed by atoms with Crippen LogP contribution in [0.3, 0.4) is 0 Å². The molecule has 2 aliphatic rings. The highest BCUT2D eigenvalue weighted by Crippen LogP contribution is 2.46. The molecule has 7 nitrogen and oxygen atoms in total. The Bertz CT molecular complexity index is 856. The Balaban J connectivity index is 2.14. The highest BCUT2D eigenvalue weighted by molar-refractivity contribution is 8.16. The van der Waals surface area contributed by atoms with E-state index in [1.807, 2.05) is 0 Å². The van der Waals surface area contributed by atoms with Gasteiger partial charge in [-0.25, -0.2) is 8.42 Å². The van der Waals surface area contributed by atoms with Crippen LogP contribution >= 0.6 is 23.4 Å². The van der Waals surface area contributed by atoms with E-state index < -0.39 is 9.84 Å². The normalized spacial score (nSPS) is 25.9. The zero-order chi connectivity index (χ0) is 18.4. The standard InChI is InChI=1S/C15H17ClN2O5S2/c1-8(19)17-15-18(11-6-25(20,21)7-14(11)24-15)10-4-9(16)12(22-2)5-13(10)23-3/h4-5,11,14H,6-7H2,1-3H3/t11-,14-/m0/s1. The van der Waals surface area contributed by atoms with Crippen molar-refractivity contribution in [2.75, 3.05) is 30.6 Å². The predicted octanol–water partition coefficient (Wildman–Crippen LogP) is 1.98. The average Bonchev–Trinajstić information content (AvgIpc) is 2.97. The first kappa shape index (κ1) is 18.3. The lowest BCUT2D eigenvalue weighted by molar-refractivity contribution is -0.115. The number of sulfone groups is 1. The van der Waals surface area contributed by atoms with Crippen molar-refractivity contribution in [3.63, 3.8) is 0 Å². The second-order valence-electron chi connectivity index (χ2n) is 5.74. The number of rotatable bonds is 3. The number of amidine groups is 1. The first-order valence-corrected chi connectivity index (χ1v) is 10.5. The van der Waals surface area contributed by atoms with Gasteiger partial charge in [0.2, 0.25) is 5.91 Å². The van der Waals surface area contributed by atoms with Gasteiger partial charge in [0.05, 0.1) is 42.5 Å². The fourth-order valence-corrected chi connectivity index (χ4v) is 7.20. The molecular weight excluding hydrogens is 388 g/mol. The summed E-state index contributed by atoms with van der Waals surface area (Å²) in [5, 5.41) is 0.625. The molecule has 0 N–H and O–H groups in total. The number of hydrogen-bond donors (Lipinski definition) is 0. The summed E-state index contributed by atoms with van der Waals surface area (Å²) in [6, 6.07) is 2.94. The number of benzene rings is 1. The number of thioether (sulfide) groups is 1. The highest BCUT2D eigenvalue weighted by Gasteiger charge is 2.50. The summed E-state index contributed by atoms with van der Waals surface area (Å²) in [7, 11) is -0.147. The van der Waals surface area contributed by atoms with Crippen LogP contribution < -0.4 is 14.4 Å². The van der Waals surface area contributed by atoms with Crippen molar-refractivity contribution >= 4 is 50.0 Å². The third-order valence-corrected chi connectivity index (χ3v) is 7.54. The minimum atomic E-state index is -3.14. The lowest BCUT2D eigenvalue weighted by Crippen LogP contribution is -2.38. The third kappa shape index (κ3) is 3.45. The Morgan fingerprint density at radius 2 is 1.96 bits per heavy atom. The molecule has 1 aromatic carbocycles. The highest BCUT2D eigenvalue weighted by atomic mass is 35.5. The molecule has 25 heavy (non-hydrogen) atoms. The maximum Gasteiger partial charge on any atom is 0.244 e. The molecule has 0 saturated carbocycles. The molecular formula is C15H17ClN2O5S2. The number of aliphatic imine (C=N–C) groups is 1. The van der Waals surface area contributed by atoms with Crippen molar-refractivity contribution in [3.05, 3.63) is 17.2 Å². The number of nitrogens with zero attached hydrogens (tertiary/aromatic N) is 2. The molecule has 2 heterocycles. The fraction of sp³-hybridized carbons (Fsp3) is 0.467. The molecule has 2 atom stereocenters. The van der Waals surface area contributed by atoms with E-state index in [2.05, 4.69) is 4.99 Å². The summed E-state index contributed by atoms with van der Waals surface area (Å²) >= 11 is 7.55. The van der Waals surface area contributed by atoms with Crippen LogP contribution in [0.15, 0.2) is 17.1 Å². The largest absolute Gasteiger partial charge is 0.495 e. The van der Waals surface area contributed by atoms with Crippen LogP contribution in [0.25, 0.3) is 0 Å². The number of amides is 1. The lowest BCUT2D eigenvalue weighted by atomic mass is 10.2. The first-order valence-electron chi connectivity index (χ1n) is 7.43.